The number of nitrogens with zero attached hydrogens (tertiary/aromatic N) is 3. The molecular formula is C22H33N3O3. The topological polar surface area (TPSA) is 53.1 Å². The molecule has 6 nitrogen and oxygen atoms in total. The molecule has 2 aliphatic heterocycles. The van der Waals surface area contributed by atoms with Gasteiger partial charge in [0.1, 0.15) is 5.75 Å². The Morgan fingerprint density at radius 1 is 1.21 bits per heavy atom. The summed E-state index contributed by atoms with van der Waals surface area (Å²) in [7, 11) is 1.66. The summed E-state index contributed by atoms with van der Waals surface area (Å²) in [5.74, 6) is 1.17. The molecule has 1 aromatic carbocycles. The molecule has 2 saturated heterocycles. The van der Waals surface area contributed by atoms with Crippen LogP contribution in [0.1, 0.15) is 38.7 Å². The lowest BCUT2D eigenvalue weighted by atomic mass is 9.78. The Kier molecular flexibility index (Phi) is 6.60. The predicted octanol–water partition coefficient (Wildman–Crippen LogP) is 2.38. The second kappa shape index (κ2) is 8.95. The maximum absolute atomic E-state index is 13.4. The van der Waals surface area contributed by atoms with Gasteiger partial charge in [0, 0.05) is 26.2 Å². The number of piperidine rings is 1. The second-order valence-corrected chi connectivity index (χ2v) is 7.99. The molecule has 6 heteroatoms. The molecule has 1 atom stereocenters. The van der Waals surface area contributed by atoms with Crippen molar-refractivity contribution in [3.8, 4) is 5.75 Å². The molecule has 2 fully saturated rings. The van der Waals surface area contributed by atoms with E-state index in [4.69, 9.17) is 4.74 Å². The first-order chi connectivity index (χ1) is 13.5. The van der Waals surface area contributed by atoms with Gasteiger partial charge in [-0.15, -0.1) is 0 Å². The van der Waals surface area contributed by atoms with Crippen molar-refractivity contribution in [2.24, 2.45) is 5.41 Å². The van der Waals surface area contributed by atoms with Gasteiger partial charge in [-0.1, -0.05) is 26.0 Å². The van der Waals surface area contributed by atoms with Crippen molar-refractivity contribution in [3.63, 3.8) is 0 Å². The molecule has 0 radical (unpaired) electrons. The molecule has 3 rings (SSSR count). The number of rotatable bonds is 7. The Hall–Kier alpha value is -2.08. The molecule has 2 heterocycles. The molecule has 1 aromatic rings. The fourth-order valence-electron chi connectivity index (χ4n) is 4.50. The van der Waals surface area contributed by atoms with Gasteiger partial charge in [0.05, 0.1) is 19.1 Å². The first kappa shape index (κ1) is 20.6. The third-order valence-electron chi connectivity index (χ3n) is 6.29. The van der Waals surface area contributed by atoms with E-state index in [2.05, 4.69) is 18.7 Å². The Labute approximate surface area is 168 Å². The van der Waals surface area contributed by atoms with Crippen molar-refractivity contribution in [1.82, 2.24) is 14.7 Å². The standard InChI is InChI=1S/C22H33N3O3/c1-4-23(5-2)16-20(26)25-13-11-22(17-25)10-7-12-24(21(22)27)15-18-8-6-9-19(14-18)28-3/h6,8-9,14H,4-5,7,10-13,15-17H2,1-3H3/t22-/m1/s1. The van der Waals surface area contributed by atoms with Gasteiger partial charge in [-0.3, -0.25) is 14.5 Å². The zero-order chi connectivity index (χ0) is 20.1. The number of hydrogen-bond acceptors (Lipinski definition) is 4. The Morgan fingerprint density at radius 2 is 2.00 bits per heavy atom. The lowest BCUT2D eigenvalue weighted by Crippen LogP contribution is -2.50. The van der Waals surface area contributed by atoms with Crippen LogP contribution in [0.3, 0.4) is 0 Å². The number of ether oxygens (including phenoxy) is 1. The van der Waals surface area contributed by atoms with Gasteiger partial charge in [0.15, 0.2) is 0 Å². The molecule has 28 heavy (non-hydrogen) atoms. The van der Waals surface area contributed by atoms with Gasteiger partial charge in [-0.05, 0) is 50.0 Å². The third-order valence-corrected chi connectivity index (χ3v) is 6.29. The summed E-state index contributed by atoms with van der Waals surface area (Å²) in [6.07, 6.45) is 2.66. The van der Waals surface area contributed by atoms with Crippen LogP contribution in [-0.4, -0.2) is 72.9 Å². The maximum atomic E-state index is 13.4. The first-order valence-electron chi connectivity index (χ1n) is 10.4. The van der Waals surface area contributed by atoms with Gasteiger partial charge in [0.2, 0.25) is 11.8 Å². The van der Waals surface area contributed by atoms with Gasteiger partial charge in [-0.25, -0.2) is 0 Å². The summed E-state index contributed by atoms with van der Waals surface area (Å²) in [6.45, 7) is 8.98. The summed E-state index contributed by atoms with van der Waals surface area (Å²) in [5.41, 5.74) is 0.688. The van der Waals surface area contributed by atoms with Crippen molar-refractivity contribution >= 4 is 11.8 Å². The summed E-state index contributed by atoms with van der Waals surface area (Å²) >= 11 is 0. The molecule has 2 aliphatic rings. The molecule has 0 saturated carbocycles. The van der Waals surface area contributed by atoms with E-state index in [-0.39, 0.29) is 11.8 Å². The SMILES string of the molecule is CCN(CC)CC(=O)N1CC[C@]2(CCCN(Cc3cccc(OC)c3)C2=O)C1. The van der Waals surface area contributed by atoms with E-state index in [1.807, 2.05) is 34.1 Å². The largest absolute Gasteiger partial charge is 0.497 e. The van der Waals surface area contributed by atoms with E-state index < -0.39 is 5.41 Å². The quantitative estimate of drug-likeness (QED) is 0.721. The van der Waals surface area contributed by atoms with Crippen molar-refractivity contribution < 1.29 is 14.3 Å². The van der Waals surface area contributed by atoms with Crippen LogP contribution < -0.4 is 4.74 Å². The van der Waals surface area contributed by atoms with E-state index in [1.54, 1.807) is 7.11 Å². The number of benzene rings is 1. The van der Waals surface area contributed by atoms with Crippen LogP contribution >= 0.6 is 0 Å². The van der Waals surface area contributed by atoms with Gasteiger partial charge < -0.3 is 14.5 Å². The van der Waals surface area contributed by atoms with Crippen molar-refractivity contribution in [2.75, 3.05) is 46.4 Å². The minimum absolute atomic E-state index is 0.151. The normalized spacial score (nSPS) is 22.4. The number of hydrogen-bond donors (Lipinski definition) is 0. The fourth-order valence-corrected chi connectivity index (χ4v) is 4.50. The van der Waals surface area contributed by atoms with Crippen molar-refractivity contribution in [3.05, 3.63) is 29.8 Å². The molecule has 0 aliphatic carbocycles. The van der Waals surface area contributed by atoms with Crippen LogP contribution in [0.5, 0.6) is 5.75 Å². The fraction of sp³-hybridized carbons (Fsp3) is 0.636. The van der Waals surface area contributed by atoms with Gasteiger partial charge >= 0.3 is 0 Å². The van der Waals surface area contributed by atoms with E-state index in [9.17, 15) is 9.59 Å². The molecule has 2 amide bonds. The molecule has 1 spiro atoms. The summed E-state index contributed by atoms with van der Waals surface area (Å²) in [4.78, 5) is 32.1. The maximum Gasteiger partial charge on any atom is 0.236 e. The monoisotopic (exact) mass is 387 g/mol. The second-order valence-electron chi connectivity index (χ2n) is 7.99. The molecule has 0 bridgehead atoms. The molecule has 0 unspecified atom stereocenters. The van der Waals surface area contributed by atoms with Crippen LogP contribution in [0, 0.1) is 5.41 Å². The molecule has 0 aromatic heterocycles. The summed E-state index contributed by atoms with van der Waals surface area (Å²) in [6, 6.07) is 7.90. The number of amides is 2. The van der Waals surface area contributed by atoms with Crippen LogP contribution in [0.2, 0.25) is 0 Å². The number of likely N-dealkylation sites (tertiary alicyclic amines) is 2. The highest BCUT2D eigenvalue weighted by Gasteiger charge is 2.49. The highest BCUT2D eigenvalue weighted by Crippen LogP contribution is 2.40. The molecule has 0 N–H and O–H groups in total. The summed E-state index contributed by atoms with van der Waals surface area (Å²) in [5, 5.41) is 0. The van der Waals surface area contributed by atoms with E-state index in [0.29, 0.717) is 26.2 Å². The Balaban J connectivity index is 1.65. The number of methoxy groups -OCH3 is 1. The van der Waals surface area contributed by atoms with Crippen molar-refractivity contribution in [1.29, 1.82) is 0 Å². The van der Waals surface area contributed by atoms with Crippen molar-refractivity contribution in [2.45, 2.75) is 39.7 Å². The van der Waals surface area contributed by atoms with Crippen LogP contribution in [-0.2, 0) is 16.1 Å². The average Bonchev–Trinajstić information content (AvgIpc) is 3.15. The van der Waals surface area contributed by atoms with Gasteiger partial charge in [0.25, 0.3) is 0 Å². The Bertz CT molecular complexity index is 704. The lowest BCUT2D eigenvalue weighted by molar-refractivity contribution is -0.147. The number of likely N-dealkylation sites (N-methyl/N-ethyl adjacent to an activating group) is 1. The summed E-state index contributed by atoms with van der Waals surface area (Å²) < 4.78 is 5.30. The minimum atomic E-state index is -0.393. The highest BCUT2D eigenvalue weighted by atomic mass is 16.5. The number of carbonyl (C=O) groups excluding carboxylic acids is 2. The third kappa shape index (κ3) is 4.32. The van der Waals surface area contributed by atoms with Crippen LogP contribution in [0.15, 0.2) is 24.3 Å². The van der Waals surface area contributed by atoms with Crippen LogP contribution in [0.4, 0.5) is 0 Å². The predicted molar refractivity (Wildman–Crippen MR) is 109 cm³/mol. The molecule has 154 valence electrons. The van der Waals surface area contributed by atoms with Crippen LogP contribution in [0.25, 0.3) is 0 Å². The lowest BCUT2D eigenvalue weighted by Gasteiger charge is -2.39. The zero-order valence-electron chi connectivity index (χ0n) is 17.4. The van der Waals surface area contributed by atoms with E-state index >= 15 is 0 Å². The number of carbonyl (C=O) groups is 2. The highest BCUT2D eigenvalue weighted by molar-refractivity contribution is 5.86. The minimum Gasteiger partial charge on any atom is -0.497 e. The smallest absolute Gasteiger partial charge is 0.236 e. The van der Waals surface area contributed by atoms with E-state index in [1.165, 1.54) is 0 Å². The molecular weight excluding hydrogens is 354 g/mol. The van der Waals surface area contributed by atoms with E-state index in [0.717, 1.165) is 50.2 Å². The average molecular weight is 388 g/mol. The van der Waals surface area contributed by atoms with Gasteiger partial charge in [-0.2, -0.15) is 0 Å². The zero-order valence-corrected chi connectivity index (χ0v) is 17.4. The Morgan fingerprint density at radius 3 is 2.71 bits per heavy atom. The first-order valence-corrected chi connectivity index (χ1v) is 10.4.